The predicted molar refractivity (Wildman–Crippen MR) is 36.0 cm³/mol. The van der Waals surface area contributed by atoms with Gasteiger partial charge in [-0.25, -0.2) is 0 Å². The van der Waals surface area contributed by atoms with Gasteiger partial charge in [-0.2, -0.15) is 0 Å². The first kappa shape index (κ1) is 9.41. The summed E-state index contributed by atoms with van der Waals surface area (Å²) in [5, 5.41) is 0. The molecule has 0 atom stereocenters. The van der Waals surface area contributed by atoms with Crippen molar-refractivity contribution in [1.82, 2.24) is 0 Å². The van der Waals surface area contributed by atoms with Gasteiger partial charge < -0.3 is 13.3 Å². The van der Waals surface area contributed by atoms with Crippen LogP contribution in [-0.2, 0) is 13.3 Å². The fourth-order valence-corrected chi connectivity index (χ4v) is 0.556. The van der Waals surface area contributed by atoms with Crippen LogP contribution in [0.3, 0.4) is 0 Å². The number of hydrogen-bond donors (Lipinski definition) is 0. The molecule has 54 valence electrons. The first-order chi connectivity index (χ1) is 4.35. The van der Waals surface area contributed by atoms with Crippen molar-refractivity contribution in [3.8, 4) is 0 Å². The molecule has 0 aliphatic carbocycles. The van der Waals surface area contributed by atoms with Gasteiger partial charge in [-0.15, -0.1) is 0 Å². The summed E-state index contributed by atoms with van der Waals surface area (Å²) in [6, 6.07) is 0. The minimum Gasteiger partial charge on any atom is -0.475 e. The van der Waals surface area contributed by atoms with Crippen molar-refractivity contribution in [2.24, 2.45) is 0 Å². The van der Waals surface area contributed by atoms with E-state index >= 15 is 0 Å². The molecular formula is C5H13AlO3. The average molecular weight is 148 g/mol. The van der Waals surface area contributed by atoms with Gasteiger partial charge in [0.25, 0.3) is 0 Å². The molecule has 0 spiro atoms. The fourth-order valence-electron chi connectivity index (χ4n) is 0.399. The summed E-state index contributed by atoms with van der Waals surface area (Å²) >= 11 is 2.09. The minimum absolute atomic E-state index is 0. The van der Waals surface area contributed by atoms with Crippen LogP contribution in [0.2, 0.25) is 0 Å². The zero-order chi connectivity index (χ0) is 7.11. The molecule has 0 N–H and O–H groups in total. The number of ether oxygens (including phenoxy) is 2. The molecule has 0 aromatic carbocycles. The lowest BCUT2D eigenvalue weighted by molar-refractivity contribution is -0.241. The molecule has 4 heteroatoms. The third-order valence-corrected chi connectivity index (χ3v) is 0.939. The lowest BCUT2D eigenvalue weighted by Crippen LogP contribution is -2.19. The van der Waals surface area contributed by atoms with Gasteiger partial charge >= 0.3 is 16.6 Å². The van der Waals surface area contributed by atoms with E-state index in [0.29, 0.717) is 13.2 Å². The third-order valence-electron chi connectivity index (χ3n) is 0.717. The van der Waals surface area contributed by atoms with E-state index < -0.39 is 6.48 Å². The molecule has 0 aromatic heterocycles. The maximum Gasteiger partial charge on any atom is 0.377 e. The van der Waals surface area contributed by atoms with E-state index in [0.717, 1.165) is 0 Å². The molecule has 0 unspecified atom stereocenters. The van der Waals surface area contributed by atoms with E-state index in [1.807, 2.05) is 13.8 Å². The van der Waals surface area contributed by atoms with Crippen LogP contribution in [0.4, 0.5) is 0 Å². The molecule has 0 heterocycles. The zero-order valence-corrected chi connectivity index (χ0v) is 6.95. The fraction of sp³-hybridized carbons (Fsp3) is 1.00. The van der Waals surface area contributed by atoms with Crippen LogP contribution >= 0.6 is 0 Å². The van der Waals surface area contributed by atoms with Gasteiger partial charge in [-0.05, 0) is 13.8 Å². The molecule has 2 radical (unpaired) electrons. The van der Waals surface area contributed by atoms with Gasteiger partial charge in [0.1, 0.15) is 0 Å². The summed E-state index contributed by atoms with van der Waals surface area (Å²) in [6.45, 7) is 4.44. The van der Waals surface area contributed by atoms with Gasteiger partial charge in [-0.1, -0.05) is 0 Å². The first-order valence-corrected chi connectivity index (χ1v) is 3.41. The van der Waals surface area contributed by atoms with Crippen LogP contribution < -0.4 is 0 Å². The molecule has 3 nitrogen and oxygen atoms in total. The molecular weight excluding hydrogens is 135 g/mol. The van der Waals surface area contributed by atoms with Gasteiger partial charge in [0.05, 0.1) is 0 Å². The number of hydrogen-bond acceptors (Lipinski definition) is 3. The highest BCUT2D eigenvalue weighted by Gasteiger charge is 2.00. The van der Waals surface area contributed by atoms with Gasteiger partial charge in [0, 0.05) is 14.6 Å². The van der Waals surface area contributed by atoms with Crippen LogP contribution in [0.5, 0.6) is 0 Å². The van der Waals surface area contributed by atoms with Crippen LogP contribution in [0, 0.1) is 0 Å². The second-order valence-electron chi connectivity index (χ2n) is 1.34. The molecule has 0 bridgehead atoms. The quantitative estimate of drug-likeness (QED) is 0.424. The Bertz CT molecular complexity index is 58.9. The van der Waals surface area contributed by atoms with Crippen molar-refractivity contribution in [1.29, 1.82) is 0 Å². The van der Waals surface area contributed by atoms with E-state index in [1.54, 1.807) is 0 Å². The number of rotatable bonds is 5. The van der Waals surface area contributed by atoms with E-state index in [9.17, 15) is 0 Å². The SMILES string of the molecule is CCOC([O][Al])OCC.[HH]. The molecule has 0 aliphatic heterocycles. The van der Waals surface area contributed by atoms with Crippen molar-refractivity contribution >= 4 is 16.6 Å². The Hall–Kier alpha value is 0.412. The lowest BCUT2D eigenvalue weighted by Gasteiger charge is -2.15. The average Bonchev–Trinajstić information content (AvgIpc) is 1.88. The second kappa shape index (κ2) is 6.53. The van der Waals surface area contributed by atoms with Crippen molar-refractivity contribution in [2.45, 2.75) is 20.3 Å². The Morgan fingerprint density at radius 2 is 1.78 bits per heavy atom. The summed E-state index contributed by atoms with van der Waals surface area (Å²) in [5.41, 5.74) is 0. The van der Waals surface area contributed by atoms with Crippen molar-refractivity contribution in [3.63, 3.8) is 0 Å². The van der Waals surface area contributed by atoms with Gasteiger partial charge in [0.15, 0.2) is 0 Å². The van der Waals surface area contributed by atoms with E-state index in [2.05, 4.69) is 16.6 Å². The van der Waals surface area contributed by atoms with Crippen LogP contribution in [0.15, 0.2) is 0 Å². The highest BCUT2D eigenvalue weighted by Crippen LogP contribution is 1.93. The predicted octanol–water partition coefficient (Wildman–Crippen LogP) is 0.689. The van der Waals surface area contributed by atoms with Gasteiger partial charge in [-0.3, -0.25) is 0 Å². The highest BCUT2D eigenvalue weighted by molar-refractivity contribution is 5.97. The topological polar surface area (TPSA) is 27.7 Å². The Morgan fingerprint density at radius 3 is 2.00 bits per heavy atom. The molecule has 0 aromatic rings. The summed E-state index contributed by atoms with van der Waals surface area (Å²) < 4.78 is 14.6. The summed E-state index contributed by atoms with van der Waals surface area (Å²) in [5.74, 6) is 0. The third kappa shape index (κ3) is 4.89. The normalized spacial score (nSPS) is 10.6. The van der Waals surface area contributed by atoms with E-state index in [1.165, 1.54) is 0 Å². The molecule has 0 aliphatic rings. The second-order valence-corrected chi connectivity index (χ2v) is 1.61. The van der Waals surface area contributed by atoms with Crippen LogP contribution in [0.25, 0.3) is 0 Å². The van der Waals surface area contributed by atoms with E-state index in [-0.39, 0.29) is 1.43 Å². The highest BCUT2D eigenvalue weighted by atomic mass is 27.1. The molecule has 0 saturated carbocycles. The van der Waals surface area contributed by atoms with E-state index in [4.69, 9.17) is 13.3 Å². The Kier molecular flexibility index (Phi) is 6.83. The monoisotopic (exact) mass is 148 g/mol. The Balaban J connectivity index is 0. The molecule has 0 saturated heterocycles. The largest absolute Gasteiger partial charge is 0.475 e. The molecule has 0 amide bonds. The molecule has 9 heavy (non-hydrogen) atoms. The first-order valence-electron chi connectivity index (χ1n) is 2.93. The summed E-state index contributed by atoms with van der Waals surface area (Å²) in [6.07, 6.45) is 0. The maximum atomic E-state index is 4.97. The molecule has 0 fully saturated rings. The summed E-state index contributed by atoms with van der Waals surface area (Å²) in [4.78, 5) is 0. The zero-order valence-electron chi connectivity index (χ0n) is 5.79. The smallest absolute Gasteiger partial charge is 0.377 e. The minimum atomic E-state index is -0.523. The standard InChI is InChI=1S/C5H11O3.Al.H2/c1-3-7-5(6)8-4-2;;/h5H,3-4H2,1-2H3;;1H/q-1;+1;. The summed E-state index contributed by atoms with van der Waals surface area (Å²) in [7, 11) is 0. The Morgan fingerprint density at radius 1 is 1.33 bits per heavy atom. The van der Waals surface area contributed by atoms with Crippen molar-refractivity contribution in [3.05, 3.63) is 0 Å². The van der Waals surface area contributed by atoms with Crippen molar-refractivity contribution in [2.75, 3.05) is 13.2 Å². The Labute approximate surface area is 65.5 Å². The van der Waals surface area contributed by atoms with Crippen LogP contribution in [-0.4, -0.2) is 36.3 Å². The molecule has 0 rings (SSSR count). The maximum absolute atomic E-state index is 4.97. The lowest BCUT2D eigenvalue weighted by atomic mass is 10.8. The van der Waals surface area contributed by atoms with Gasteiger partial charge in [0.2, 0.25) is 6.48 Å². The van der Waals surface area contributed by atoms with Crippen molar-refractivity contribution < 1.29 is 14.7 Å². The van der Waals surface area contributed by atoms with Crippen LogP contribution in [0.1, 0.15) is 15.3 Å².